The minimum absolute atomic E-state index is 0.0367. The van der Waals surface area contributed by atoms with Crippen molar-refractivity contribution in [3.63, 3.8) is 0 Å². The number of halogens is 1. The summed E-state index contributed by atoms with van der Waals surface area (Å²) >= 11 is 1.15. The van der Waals surface area contributed by atoms with Gasteiger partial charge in [0.2, 0.25) is 5.95 Å². The van der Waals surface area contributed by atoms with Crippen molar-refractivity contribution >= 4 is 29.0 Å². The second-order valence-electron chi connectivity index (χ2n) is 5.98. The van der Waals surface area contributed by atoms with Gasteiger partial charge in [-0.05, 0) is 37.6 Å². The summed E-state index contributed by atoms with van der Waals surface area (Å²) in [5.74, 6) is 4.88. The number of hydrogen-bond acceptors (Lipinski definition) is 5. The van der Waals surface area contributed by atoms with Crippen LogP contribution < -0.4 is 21.7 Å². The van der Waals surface area contributed by atoms with Gasteiger partial charge in [-0.25, -0.2) is 9.78 Å². The van der Waals surface area contributed by atoms with E-state index in [1.54, 1.807) is 6.07 Å². The maximum Gasteiger partial charge on any atom is 0.316 e. The number of primary amides is 1. The van der Waals surface area contributed by atoms with Gasteiger partial charge >= 0.3 is 6.03 Å². The number of carbonyl (C=O) groups is 2. The molecule has 2 aromatic rings. The van der Waals surface area contributed by atoms with Crippen LogP contribution in [0.5, 0.6) is 0 Å². The fourth-order valence-electron chi connectivity index (χ4n) is 2.66. The topological polar surface area (TPSA) is 109 Å². The lowest BCUT2D eigenvalue weighted by Crippen LogP contribution is -2.45. The monoisotopic (exact) mass is 387 g/mol. The minimum Gasteiger partial charge on any atom is -0.351 e. The molecule has 1 aliphatic rings. The Morgan fingerprint density at radius 1 is 1.37 bits per heavy atom. The van der Waals surface area contributed by atoms with Gasteiger partial charge in [0.25, 0.3) is 5.91 Å². The number of amides is 3. The zero-order valence-electron chi connectivity index (χ0n) is 14.3. The molecule has 3 rings (SSSR count). The summed E-state index contributed by atoms with van der Waals surface area (Å²) in [4.78, 5) is 28.3. The van der Waals surface area contributed by atoms with Crippen LogP contribution in [-0.4, -0.2) is 36.1 Å². The molecule has 1 fully saturated rings. The Morgan fingerprint density at radius 2 is 2.22 bits per heavy atom. The summed E-state index contributed by atoms with van der Waals surface area (Å²) in [7, 11) is 0. The van der Waals surface area contributed by atoms with Crippen molar-refractivity contribution in [1.82, 2.24) is 15.6 Å². The summed E-state index contributed by atoms with van der Waals surface area (Å²) in [6.07, 6.45) is 3.21. The highest BCUT2D eigenvalue weighted by Gasteiger charge is 2.21. The third-order valence-electron chi connectivity index (χ3n) is 3.89. The van der Waals surface area contributed by atoms with Crippen LogP contribution in [0.3, 0.4) is 0 Å². The van der Waals surface area contributed by atoms with E-state index in [0.717, 1.165) is 30.7 Å². The Hall–Kier alpha value is -2.96. The Kier molecular flexibility index (Phi) is 6.01. The van der Waals surface area contributed by atoms with E-state index in [-0.39, 0.29) is 11.9 Å². The number of pyridine rings is 1. The predicted octanol–water partition coefficient (Wildman–Crippen LogP) is 1.65. The van der Waals surface area contributed by atoms with Gasteiger partial charge in [0, 0.05) is 24.3 Å². The number of thiophene rings is 1. The SMILES string of the molecule is NC(=O)Nc1cc(C#Cc2ccc(F)nc2)sc1C(=O)NC1CCCNC1. The molecule has 27 heavy (non-hydrogen) atoms. The molecule has 1 unspecified atom stereocenters. The van der Waals surface area contributed by atoms with Gasteiger partial charge in [-0.15, -0.1) is 11.3 Å². The highest BCUT2D eigenvalue weighted by atomic mass is 32.1. The van der Waals surface area contributed by atoms with Crippen LogP contribution in [0.25, 0.3) is 0 Å². The summed E-state index contributed by atoms with van der Waals surface area (Å²) in [6, 6.07) is 3.59. The van der Waals surface area contributed by atoms with Crippen molar-refractivity contribution in [3.8, 4) is 11.8 Å². The van der Waals surface area contributed by atoms with Crippen molar-refractivity contribution in [3.05, 3.63) is 45.7 Å². The largest absolute Gasteiger partial charge is 0.351 e. The Morgan fingerprint density at radius 3 is 2.89 bits per heavy atom. The lowest BCUT2D eigenvalue weighted by molar-refractivity contribution is 0.0935. The first kappa shape index (κ1) is 18.8. The molecule has 1 atom stereocenters. The zero-order chi connectivity index (χ0) is 19.2. The summed E-state index contributed by atoms with van der Waals surface area (Å²) in [5, 5.41) is 8.65. The number of urea groups is 1. The van der Waals surface area contributed by atoms with Gasteiger partial charge in [-0.1, -0.05) is 11.8 Å². The number of nitrogens with two attached hydrogens (primary N) is 1. The van der Waals surface area contributed by atoms with Gasteiger partial charge in [0.05, 0.1) is 10.6 Å². The molecule has 1 saturated heterocycles. The molecular formula is C18H18FN5O2S. The first-order chi connectivity index (χ1) is 13.0. The molecule has 3 heterocycles. The smallest absolute Gasteiger partial charge is 0.316 e. The van der Waals surface area contributed by atoms with Crippen LogP contribution in [0, 0.1) is 17.8 Å². The average molecular weight is 387 g/mol. The summed E-state index contributed by atoms with van der Waals surface area (Å²) in [6.45, 7) is 1.65. The molecular weight excluding hydrogens is 369 g/mol. The third-order valence-corrected chi connectivity index (χ3v) is 4.93. The van der Waals surface area contributed by atoms with Crippen LogP contribution in [0.1, 0.15) is 33.0 Å². The number of carbonyl (C=O) groups excluding carboxylic acids is 2. The highest BCUT2D eigenvalue weighted by molar-refractivity contribution is 7.15. The predicted molar refractivity (Wildman–Crippen MR) is 101 cm³/mol. The van der Waals surface area contributed by atoms with Crippen molar-refractivity contribution in [1.29, 1.82) is 0 Å². The average Bonchev–Trinajstić information content (AvgIpc) is 3.04. The first-order valence-corrected chi connectivity index (χ1v) is 9.18. The lowest BCUT2D eigenvalue weighted by Gasteiger charge is -2.23. The van der Waals surface area contributed by atoms with Crippen molar-refractivity contribution in [2.24, 2.45) is 5.73 Å². The normalized spacial score (nSPS) is 16.1. The van der Waals surface area contributed by atoms with Gasteiger partial charge in [0.15, 0.2) is 0 Å². The van der Waals surface area contributed by atoms with Gasteiger partial charge in [0.1, 0.15) is 4.88 Å². The molecule has 9 heteroatoms. The molecule has 2 aromatic heterocycles. The van der Waals surface area contributed by atoms with E-state index in [2.05, 4.69) is 32.8 Å². The number of nitrogens with one attached hydrogen (secondary N) is 3. The molecule has 0 aromatic carbocycles. The summed E-state index contributed by atoms with van der Waals surface area (Å²) < 4.78 is 12.9. The Balaban J connectivity index is 1.81. The first-order valence-electron chi connectivity index (χ1n) is 8.36. The van der Waals surface area contributed by atoms with Gasteiger partial charge in [-0.2, -0.15) is 4.39 Å². The molecule has 1 aliphatic heterocycles. The number of anilines is 1. The van der Waals surface area contributed by atoms with E-state index in [4.69, 9.17) is 5.73 Å². The van der Waals surface area contributed by atoms with Crippen LogP contribution in [0.2, 0.25) is 0 Å². The molecule has 0 spiro atoms. The second-order valence-corrected chi connectivity index (χ2v) is 7.03. The van der Waals surface area contributed by atoms with Gasteiger partial charge < -0.3 is 21.7 Å². The standard InChI is InChI=1S/C18H18FN5O2S/c19-15-6-4-11(9-22-15)3-5-13-8-14(24-18(20)26)16(27-13)17(25)23-12-2-1-7-21-10-12/h4,6,8-9,12,21H,1-2,7,10H2,(H,23,25)(H3,20,24,26). The van der Waals surface area contributed by atoms with Crippen LogP contribution >= 0.6 is 11.3 Å². The van der Waals surface area contributed by atoms with Crippen molar-refractivity contribution < 1.29 is 14.0 Å². The molecule has 0 saturated carbocycles. The number of rotatable bonds is 3. The van der Waals surface area contributed by atoms with E-state index in [0.29, 0.717) is 27.5 Å². The van der Waals surface area contributed by atoms with Crippen molar-refractivity contribution in [2.75, 3.05) is 18.4 Å². The van der Waals surface area contributed by atoms with E-state index < -0.39 is 12.0 Å². The fourth-order valence-corrected chi connectivity index (χ4v) is 3.53. The second kappa shape index (κ2) is 8.62. The molecule has 5 N–H and O–H groups in total. The molecule has 3 amide bonds. The van der Waals surface area contributed by atoms with E-state index in [9.17, 15) is 14.0 Å². The minimum atomic E-state index is -0.761. The van der Waals surface area contributed by atoms with Crippen LogP contribution in [0.4, 0.5) is 14.9 Å². The third kappa shape index (κ3) is 5.26. The fraction of sp³-hybridized carbons (Fsp3) is 0.278. The molecule has 7 nitrogen and oxygen atoms in total. The molecule has 0 aliphatic carbocycles. The lowest BCUT2D eigenvalue weighted by atomic mass is 10.1. The van der Waals surface area contributed by atoms with E-state index >= 15 is 0 Å². The van der Waals surface area contributed by atoms with E-state index in [1.165, 1.54) is 18.3 Å². The number of nitrogens with zero attached hydrogens (tertiary/aromatic N) is 1. The Labute approximate surface area is 159 Å². The van der Waals surface area contributed by atoms with Crippen molar-refractivity contribution in [2.45, 2.75) is 18.9 Å². The highest BCUT2D eigenvalue weighted by Crippen LogP contribution is 2.27. The summed E-state index contributed by atoms with van der Waals surface area (Å²) in [5.41, 5.74) is 6.05. The number of hydrogen-bond donors (Lipinski definition) is 4. The molecule has 0 bridgehead atoms. The molecule has 0 radical (unpaired) electrons. The number of aromatic nitrogens is 1. The quantitative estimate of drug-likeness (QED) is 0.474. The van der Waals surface area contributed by atoms with Gasteiger partial charge in [-0.3, -0.25) is 4.79 Å². The maximum atomic E-state index is 12.9. The van der Waals surface area contributed by atoms with Crippen LogP contribution in [-0.2, 0) is 0 Å². The Bertz CT molecular complexity index is 895. The van der Waals surface area contributed by atoms with E-state index in [1.807, 2.05) is 0 Å². The maximum absolute atomic E-state index is 12.9. The zero-order valence-corrected chi connectivity index (χ0v) is 15.2. The molecule has 140 valence electrons. The van der Waals surface area contributed by atoms with Crippen LogP contribution in [0.15, 0.2) is 24.4 Å². The number of piperidine rings is 1.